The molecule has 0 saturated heterocycles. The minimum Gasteiger partial charge on any atom is -0.487 e. The molecule has 2 aliphatic rings. The van der Waals surface area contributed by atoms with E-state index in [2.05, 4.69) is 64.2 Å². The minimum absolute atomic E-state index is 0.0799. The van der Waals surface area contributed by atoms with Crippen molar-refractivity contribution >= 4 is 23.8 Å². The second-order valence-electron chi connectivity index (χ2n) is 11.1. The van der Waals surface area contributed by atoms with Crippen molar-refractivity contribution in [2.75, 3.05) is 12.4 Å². The molecule has 0 saturated carbocycles. The molecule has 1 atom stereocenters. The Hall–Kier alpha value is -3.45. The molecule has 1 amide bonds. The van der Waals surface area contributed by atoms with Crippen LogP contribution in [0.4, 0.5) is 4.79 Å². The van der Waals surface area contributed by atoms with Gasteiger partial charge in [-0.1, -0.05) is 48.5 Å². The van der Waals surface area contributed by atoms with Crippen molar-refractivity contribution in [2.45, 2.75) is 64.4 Å². The molecule has 7 heteroatoms. The zero-order chi connectivity index (χ0) is 27.9. The van der Waals surface area contributed by atoms with Gasteiger partial charge in [-0.2, -0.15) is 11.8 Å². The third kappa shape index (κ3) is 5.24. The maximum Gasteiger partial charge on any atom is 0.407 e. The van der Waals surface area contributed by atoms with Crippen LogP contribution in [0.3, 0.4) is 0 Å². The van der Waals surface area contributed by atoms with Gasteiger partial charge in [-0.3, -0.25) is 0 Å². The quantitative estimate of drug-likeness (QED) is 0.334. The molecule has 0 unspecified atom stereocenters. The van der Waals surface area contributed by atoms with E-state index < -0.39 is 18.1 Å². The number of carboxylic acid groups (broad SMARTS) is 1. The van der Waals surface area contributed by atoms with Crippen molar-refractivity contribution in [1.82, 2.24) is 5.32 Å². The zero-order valence-corrected chi connectivity index (χ0v) is 23.9. The molecule has 0 spiro atoms. The summed E-state index contributed by atoms with van der Waals surface area (Å²) in [6.07, 6.45) is 0.138. The van der Waals surface area contributed by atoms with E-state index in [1.54, 1.807) is 0 Å². The number of carboxylic acids is 1. The molecule has 1 aliphatic carbocycles. The molecule has 3 aromatic rings. The number of amides is 1. The van der Waals surface area contributed by atoms with Crippen LogP contribution in [0.5, 0.6) is 5.75 Å². The number of fused-ring (bicyclic) bond motifs is 4. The lowest BCUT2D eigenvalue weighted by Crippen LogP contribution is -2.43. The lowest BCUT2D eigenvalue weighted by Gasteiger charge is -2.20. The third-order valence-electron chi connectivity index (χ3n) is 7.98. The first-order valence-electron chi connectivity index (χ1n) is 13.3. The van der Waals surface area contributed by atoms with Gasteiger partial charge in [-0.25, -0.2) is 9.59 Å². The molecule has 0 aromatic heterocycles. The molecule has 1 heterocycles. The highest BCUT2D eigenvalue weighted by atomic mass is 32.2. The smallest absolute Gasteiger partial charge is 0.407 e. The van der Waals surface area contributed by atoms with E-state index in [1.807, 2.05) is 24.3 Å². The summed E-state index contributed by atoms with van der Waals surface area (Å²) in [5.74, 6) is 0.719. The fraction of sp³-hybridized carbons (Fsp3) is 0.375. The summed E-state index contributed by atoms with van der Waals surface area (Å²) in [7, 11) is 0. The number of ether oxygens (including phenoxy) is 2. The fourth-order valence-electron chi connectivity index (χ4n) is 5.80. The van der Waals surface area contributed by atoms with Crippen molar-refractivity contribution in [3.05, 3.63) is 87.5 Å². The number of carbonyl (C=O) groups is 2. The molecular formula is C32H35NO5S. The van der Waals surface area contributed by atoms with Crippen molar-refractivity contribution in [1.29, 1.82) is 0 Å². The van der Waals surface area contributed by atoms with Crippen LogP contribution in [0.25, 0.3) is 11.1 Å². The number of carbonyl (C=O) groups excluding carboxylic acids is 1. The van der Waals surface area contributed by atoms with Gasteiger partial charge in [-0.05, 0) is 79.1 Å². The van der Waals surface area contributed by atoms with Crippen LogP contribution >= 0.6 is 11.8 Å². The van der Waals surface area contributed by atoms with Gasteiger partial charge in [0.15, 0.2) is 0 Å². The topological polar surface area (TPSA) is 84.9 Å². The normalized spacial score (nSPS) is 15.6. The van der Waals surface area contributed by atoms with Crippen LogP contribution in [0.1, 0.15) is 58.7 Å². The Labute approximate surface area is 234 Å². The number of rotatable bonds is 8. The Morgan fingerprint density at radius 2 is 1.64 bits per heavy atom. The molecule has 204 valence electrons. The summed E-state index contributed by atoms with van der Waals surface area (Å²) in [4.78, 5) is 24.7. The SMILES string of the molecule is Cc1c(C)c2c(c(C)c1CSC[C@H](NC(=O)OCC1c3ccccc3-c3ccccc31)C(=O)O)CC(C)(C)O2. The van der Waals surface area contributed by atoms with Crippen LogP contribution in [0.15, 0.2) is 48.5 Å². The molecule has 3 aromatic carbocycles. The van der Waals surface area contributed by atoms with Gasteiger partial charge in [0.05, 0.1) is 0 Å². The Morgan fingerprint density at radius 1 is 1.03 bits per heavy atom. The first-order chi connectivity index (χ1) is 18.6. The van der Waals surface area contributed by atoms with E-state index in [0.29, 0.717) is 5.75 Å². The summed E-state index contributed by atoms with van der Waals surface area (Å²) in [5, 5.41) is 12.4. The van der Waals surface area contributed by atoms with Gasteiger partial charge in [0.25, 0.3) is 0 Å². The average molecular weight is 546 g/mol. The maximum absolute atomic E-state index is 12.7. The van der Waals surface area contributed by atoms with Gasteiger partial charge in [0.1, 0.15) is 24.0 Å². The first kappa shape index (κ1) is 27.1. The zero-order valence-electron chi connectivity index (χ0n) is 23.1. The van der Waals surface area contributed by atoms with Gasteiger partial charge < -0.3 is 19.9 Å². The van der Waals surface area contributed by atoms with E-state index >= 15 is 0 Å². The fourth-order valence-corrected chi connectivity index (χ4v) is 7.01. The van der Waals surface area contributed by atoms with Crippen molar-refractivity contribution in [2.24, 2.45) is 0 Å². The Balaban J connectivity index is 1.21. The monoisotopic (exact) mass is 545 g/mol. The number of hydrogen-bond donors (Lipinski definition) is 2. The largest absolute Gasteiger partial charge is 0.487 e. The molecule has 39 heavy (non-hydrogen) atoms. The lowest BCUT2D eigenvalue weighted by molar-refractivity contribution is -0.138. The minimum atomic E-state index is -1.08. The van der Waals surface area contributed by atoms with E-state index in [4.69, 9.17) is 9.47 Å². The lowest BCUT2D eigenvalue weighted by atomic mass is 9.90. The second-order valence-corrected chi connectivity index (χ2v) is 12.1. The Morgan fingerprint density at radius 3 is 2.26 bits per heavy atom. The maximum atomic E-state index is 12.7. The van der Waals surface area contributed by atoms with Crippen LogP contribution in [0.2, 0.25) is 0 Å². The number of thioether (sulfide) groups is 1. The first-order valence-corrected chi connectivity index (χ1v) is 14.5. The predicted octanol–water partition coefficient (Wildman–Crippen LogP) is 6.55. The molecular weight excluding hydrogens is 510 g/mol. The second kappa shape index (κ2) is 10.6. The molecule has 5 rings (SSSR count). The van der Waals surface area contributed by atoms with Crippen LogP contribution < -0.4 is 10.1 Å². The predicted molar refractivity (Wildman–Crippen MR) is 155 cm³/mol. The summed E-state index contributed by atoms with van der Waals surface area (Å²) in [5.41, 5.74) is 10.3. The number of benzene rings is 3. The number of nitrogens with one attached hydrogen (secondary N) is 1. The molecule has 6 nitrogen and oxygen atoms in total. The molecule has 2 N–H and O–H groups in total. The van der Waals surface area contributed by atoms with Gasteiger partial charge >= 0.3 is 12.1 Å². The molecule has 0 radical (unpaired) electrons. The third-order valence-corrected chi connectivity index (χ3v) is 9.04. The highest BCUT2D eigenvalue weighted by Crippen LogP contribution is 2.45. The molecule has 0 bridgehead atoms. The Kier molecular flexibility index (Phi) is 7.38. The number of aliphatic carboxylic acids is 1. The molecule has 0 fully saturated rings. The van der Waals surface area contributed by atoms with Gasteiger partial charge in [0, 0.05) is 29.4 Å². The van der Waals surface area contributed by atoms with E-state index in [9.17, 15) is 14.7 Å². The standard InChI is InChI=1S/C32H35NO5S/c1-18-19(2)29-25(14-32(4,5)38-29)20(3)27(18)16-39-17-28(30(34)35)33-31(36)37-15-26-23-12-8-6-10-21(23)22-11-7-9-13-24(22)26/h6-13,26,28H,14-17H2,1-5H3,(H,33,36)(H,34,35)/t28-/m0/s1. The van der Waals surface area contributed by atoms with Crippen LogP contribution in [-0.2, 0) is 21.7 Å². The van der Waals surface area contributed by atoms with Crippen molar-refractivity contribution < 1.29 is 24.2 Å². The van der Waals surface area contributed by atoms with E-state index in [-0.39, 0.29) is 23.9 Å². The van der Waals surface area contributed by atoms with Gasteiger partial charge in [-0.15, -0.1) is 0 Å². The summed E-state index contributed by atoms with van der Waals surface area (Å²) in [6, 6.07) is 15.2. The van der Waals surface area contributed by atoms with E-state index in [1.165, 1.54) is 34.0 Å². The van der Waals surface area contributed by atoms with Gasteiger partial charge in [0.2, 0.25) is 0 Å². The average Bonchev–Trinajstić information content (AvgIpc) is 3.41. The summed E-state index contributed by atoms with van der Waals surface area (Å²) in [6.45, 7) is 10.6. The summed E-state index contributed by atoms with van der Waals surface area (Å²) < 4.78 is 11.8. The highest BCUT2D eigenvalue weighted by Gasteiger charge is 2.34. The van der Waals surface area contributed by atoms with Crippen LogP contribution in [0, 0.1) is 20.8 Å². The highest BCUT2D eigenvalue weighted by molar-refractivity contribution is 7.98. The van der Waals surface area contributed by atoms with Crippen molar-refractivity contribution in [3.8, 4) is 16.9 Å². The number of alkyl carbamates (subject to hydrolysis) is 1. The number of hydrogen-bond acceptors (Lipinski definition) is 5. The van der Waals surface area contributed by atoms with E-state index in [0.717, 1.165) is 40.0 Å². The van der Waals surface area contributed by atoms with Crippen LogP contribution in [-0.4, -0.2) is 41.2 Å². The molecule has 1 aliphatic heterocycles. The summed E-state index contributed by atoms with van der Waals surface area (Å²) >= 11 is 1.50. The Bertz CT molecular complexity index is 1400. The van der Waals surface area contributed by atoms with Crippen molar-refractivity contribution in [3.63, 3.8) is 0 Å².